The number of hydrogen-bond donors (Lipinski definition) is 2. The normalized spacial score (nSPS) is 20.3. The second-order valence-corrected chi connectivity index (χ2v) is 12.4. The summed E-state index contributed by atoms with van der Waals surface area (Å²) >= 11 is 0. The van der Waals surface area contributed by atoms with Crippen LogP contribution in [0.5, 0.6) is 0 Å². The molecule has 13 heteroatoms. The monoisotopic (exact) mass is 628 g/mol. The molecule has 4 heterocycles. The Morgan fingerprint density at radius 1 is 0.867 bits per heavy atom. The van der Waals surface area contributed by atoms with Gasteiger partial charge in [0.1, 0.15) is 11.6 Å². The maximum atomic E-state index is 12.0. The van der Waals surface area contributed by atoms with E-state index in [9.17, 15) is 4.79 Å². The van der Waals surface area contributed by atoms with Crippen LogP contribution in [-0.2, 0) is 36.8 Å². The van der Waals surface area contributed by atoms with Crippen molar-refractivity contribution in [2.24, 2.45) is 5.92 Å². The van der Waals surface area contributed by atoms with Crippen LogP contribution in [0.25, 0.3) is 0 Å². The fraction of sp³-hybridized carbons (Fsp3) is 0.656. The number of nitrogens with two attached hydrogens (primary N) is 1. The zero-order valence-corrected chi connectivity index (χ0v) is 27.8. The van der Waals surface area contributed by atoms with Crippen LogP contribution in [0.1, 0.15) is 24.2 Å². The third-order valence-electron chi connectivity index (χ3n) is 7.72. The van der Waals surface area contributed by atoms with E-state index in [0.29, 0.717) is 38.1 Å². The van der Waals surface area contributed by atoms with Crippen LogP contribution in [0, 0.1) is 5.92 Å². The van der Waals surface area contributed by atoms with Gasteiger partial charge in [-0.3, -0.25) is 4.79 Å². The van der Waals surface area contributed by atoms with Gasteiger partial charge >= 0.3 is 0 Å². The van der Waals surface area contributed by atoms with E-state index in [1.165, 1.54) is 0 Å². The summed E-state index contributed by atoms with van der Waals surface area (Å²) in [6.45, 7) is 7.37. The van der Waals surface area contributed by atoms with E-state index in [1.54, 1.807) is 14.2 Å². The van der Waals surface area contributed by atoms with E-state index >= 15 is 0 Å². The van der Waals surface area contributed by atoms with Gasteiger partial charge in [0.05, 0.1) is 61.4 Å². The molecule has 2 unspecified atom stereocenters. The summed E-state index contributed by atoms with van der Waals surface area (Å²) < 4.78 is 21.9. The van der Waals surface area contributed by atoms with Crippen LogP contribution >= 0.6 is 0 Å². The predicted octanol–water partition coefficient (Wildman–Crippen LogP) is 1.92. The molecule has 13 nitrogen and oxygen atoms in total. The van der Waals surface area contributed by atoms with Gasteiger partial charge in [-0.05, 0) is 65.3 Å². The van der Waals surface area contributed by atoms with Crippen molar-refractivity contribution < 1.29 is 23.7 Å². The molecule has 2 atom stereocenters. The van der Waals surface area contributed by atoms with Crippen LogP contribution < -0.4 is 20.9 Å². The third-order valence-corrected chi connectivity index (χ3v) is 7.72. The molecular formula is C32H52N8O5. The summed E-state index contributed by atoms with van der Waals surface area (Å²) in [5, 5.41) is 2.94. The van der Waals surface area contributed by atoms with Crippen LogP contribution in [0.2, 0.25) is 0 Å². The van der Waals surface area contributed by atoms with Gasteiger partial charge in [0.25, 0.3) is 0 Å². The first-order valence-electron chi connectivity index (χ1n) is 15.7. The molecule has 3 fully saturated rings. The number of nitrogens with one attached hydrogen (secondary N) is 1. The smallest absolute Gasteiger partial charge is 0.228 e. The van der Waals surface area contributed by atoms with E-state index in [-0.39, 0.29) is 24.0 Å². The molecule has 1 amide bonds. The number of nitrogen functional groups attached to an aromatic ring is 1. The second-order valence-electron chi connectivity index (χ2n) is 12.4. The maximum Gasteiger partial charge on any atom is 0.228 e. The lowest BCUT2D eigenvalue weighted by molar-refractivity contribution is -0.117. The average Bonchev–Trinajstić information content (AvgIpc) is 3.84. The molecule has 1 saturated carbocycles. The number of hydrogen-bond acceptors (Lipinski definition) is 12. The first-order valence-corrected chi connectivity index (χ1v) is 15.7. The number of pyridine rings is 2. The van der Waals surface area contributed by atoms with Gasteiger partial charge in [-0.25, -0.2) is 9.97 Å². The highest BCUT2D eigenvalue weighted by molar-refractivity contribution is 5.93. The quantitative estimate of drug-likeness (QED) is 0.356. The summed E-state index contributed by atoms with van der Waals surface area (Å²) in [7, 11) is 11.5. The molecule has 2 aromatic heterocycles. The predicted molar refractivity (Wildman–Crippen MR) is 177 cm³/mol. The lowest BCUT2D eigenvalue weighted by atomic mass is 10.2. The highest BCUT2D eigenvalue weighted by Gasteiger charge is 2.30. The largest absolute Gasteiger partial charge is 0.384 e. The lowest BCUT2D eigenvalue weighted by Crippen LogP contribution is -2.45. The van der Waals surface area contributed by atoms with Crippen molar-refractivity contribution >= 4 is 28.9 Å². The molecule has 0 aromatic carbocycles. The van der Waals surface area contributed by atoms with Crippen molar-refractivity contribution in [3.05, 3.63) is 35.7 Å². The van der Waals surface area contributed by atoms with Crippen molar-refractivity contribution in [2.45, 2.75) is 38.1 Å². The Labute approximate surface area is 267 Å². The number of carbonyl (C=O) groups excluding carboxylic acids is 1. The number of amides is 1. The average molecular weight is 629 g/mol. The first-order chi connectivity index (χ1) is 21.7. The number of methoxy groups -OCH3 is 2. The Hall–Kier alpha value is -3.07. The Balaban J connectivity index is 0.000000210. The molecule has 2 aromatic rings. The number of ether oxygens (including phenoxy) is 4. The summed E-state index contributed by atoms with van der Waals surface area (Å²) in [5.74, 6) is 1.46. The molecule has 1 aliphatic carbocycles. The molecule has 3 N–H and O–H groups in total. The zero-order chi connectivity index (χ0) is 32.3. The molecular weight excluding hydrogens is 576 g/mol. The minimum Gasteiger partial charge on any atom is -0.384 e. The Bertz CT molecular complexity index is 1220. The summed E-state index contributed by atoms with van der Waals surface area (Å²) in [6.07, 6.45) is 2.16. The maximum absolute atomic E-state index is 12.0. The number of morpholine rings is 2. The summed E-state index contributed by atoms with van der Waals surface area (Å²) in [4.78, 5) is 30.0. The topological polar surface area (TPSA) is 131 Å². The zero-order valence-electron chi connectivity index (χ0n) is 27.8. The minimum absolute atomic E-state index is 0.0696. The first kappa shape index (κ1) is 34.8. The van der Waals surface area contributed by atoms with Crippen molar-refractivity contribution in [1.29, 1.82) is 0 Å². The molecule has 0 radical (unpaired) electrons. The Morgan fingerprint density at radius 3 is 1.87 bits per heavy atom. The van der Waals surface area contributed by atoms with Gasteiger partial charge in [0.15, 0.2) is 0 Å². The SMILES string of the molecule is COCC1CN(c2ccc(N)nc2CN(C)C)CCO1.COCC1CN(c2ccc(NC(=O)C3CC3)nc2CN(C)C)CCO1. The van der Waals surface area contributed by atoms with Gasteiger partial charge in [0, 0.05) is 59.4 Å². The fourth-order valence-corrected chi connectivity index (χ4v) is 5.51. The highest BCUT2D eigenvalue weighted by Crippen LogP contribution is 2.31. The van der Waals surface area contributed by atoms with Gasteiger partial charge in [-0.15, -0.1) is 0 Å². The molecule has 5 rings (SSSR count). The van der Waals surface area contributed by atoms with Gasteiger partial charge in [0.2, 0.25) is 5.91 Å². The lowest BCUT2D eigenvalue weighted by Gasteiger charge is -2.35. The molecule has 250 valence electrons. The number of carbonyl (C=O) groups is 1. The van der Waals surface area contributed by atoms with E-state index in [4.69, 9.17) is 29.7 Å². The fourth-order valence-electron chi connectivity index (χ4n) is 5.51. The molecule has 45 heavy (non-hydrogen) atoms. The molecule has 3 aliphatic rings. The van der Waals surface area contributed by atoms with Crippen LogP contribution in [0.15, 0.2) is 24.3 Å². The second kappa shape index (κ2) is 17.0. The number of aromatic nitrogens is 2. The van der Waals surface area contributed by atoms with Crippen molar-refractivity contribution in [3.63, 3.8) is 0 Å². The van der Waals surface area contributed by atoms with Gasteiger partial charge in [-0.2, -0.15) is 0 Å². The molecule has 2 saturated heterocycles. The van der Waals surface area contributed by atoms with Crippen LogP contribution in [0.4, 0.5) is 23.0 Å². The van der Waals surface area contributed by atoms with Crippen molar-refractivity contribution in [3.8, 4) is 0 Å². The van der Waals surface area contributed by atoms with E-state index in [2.05, 4.69) is 42.0 Å². The molecule has 2 aliphatic heterocycles. The molecule has 0 bridgehead atoms. The molecule has 0 spiro atoms. The standard InChI is InChI=1S/C18H28N4O3.C14H24N4O2/c1-21(2)11-15-16(22-8-9-25-14(10-22)12-24-3)6-7-17(19-15)20-18(23)13-4-5-13;1-17(2)9-12-13(4-5-14(15)16-12)18-6-7-20-11(8-18)10-19-3/h6-7,13-14H,4-5,8-12H2,1-3H3,(H,19,20,23);4-5,11H,6-10H2,1-3H3,(H2,15,16). The van der Waals surface area contributed by atoms with E-state index in [1.807, 2.05) is 40.3 Å². The Morgan fingerprint density at radius 2 is 1.38 bits per heavy atom. The van der Waals surface area contributed by atoms with Crippen LogP contribution in [0.3, 0.4) is 0 Å². The van der Waals surface area contributed by atoms with E-state index in [0.717, 1.165) is 74.9 Å². The van der Waals surface area contributed by atoms with Crippen molar-refractivity contribution in [2.75, 3.05) is 116 Å². The van der Waals surface area contributed by atoms with Gasteiger partial charge < -0.3 is 49.6 Å². The summed E-state index contributed by atoms with van der Waals surface area (Å²) in [6, 6.07) is 7.87. The van der Waals surface area contributed by atoms with E-state index < -0.39 is 0 Å². The summed E-state index contributed by atoms with van der Waals surface area (Å²) in [5.41, 5.74) is 10.0. The highest BCUT2D eigenvalue weighted by atomic mass is 16.5. The number of nitrogens with zero attached hydrogens (tertiary/aromatic N) is 6. The van der Waals surface area contributed by atoms with Gasteiger partial charge in [-0.1, -0.05) is 0 Å². The number of rotatable bonds is 12. The van der Waals surface area contributed by atoms with Crippen LogP contribution in [-0.4, -0.2) is 133 Å². The third kappa shape index (κ3) is 10.8. The number of anilines is 4. The minimum atomic E-state index is 0.0696. The van der Waals surface area contributed by atoms with Crippen molar-refractivity contribution in [1.82, 2.24) is 19.8 Å². The Kier molecular flexibility index (Phi) is 13.2.